The normalized spacial score (nSPS) is 10.2. The van der Waals surface area contributed by atoms with Gasteiger partial charge >= 0.3 is 0 Å². The molecule has 0 amide bonds. The number of anilines is 2. The molecule has 0 radical (unpaired) electrons. The molecule has 1 aromatic carbocycles. The van der Waals surface area contributed by atoms with Crippen LogP contribution in [-0.4, -0.2) is 0 Å². The van der Waals surface area contributed by atoms with Gasteiger partial charge in [-0.25, -0.2) is 0 Å². The van der Waals surface area contributed by atoms with Gasteiger partial charge in [0.05, 0.1) is 11.4 Å². The van der Waals surface area contributed by atoms with Crippen LogP contribution in [0.5, 0.6) is 0 Å². The Hall–Kier alpha value is -1.48. The number of nitrogen functional groups attached to an aromatic ring is 1. The fraction of sp³-hybridized carbons (Fsp3) is 0.167. The van der Waals surface area contributed by atoms with Gasteiger partial charge in [-0.15, -0.1) is 11.3 Å². The fourth-order valence-electron chi connectivity index (χ4n) is 1.44. The number of rotatable bonds is 3. The lowest BCUT2D eigenvalue weighted by Gasteiger charge is -2.08. The van der Waals surface area contributed by atoms with E-state index in [-0.39, 0.29) is 0 Å². The number of hydrogen-bond acceptors (Lipinski definition) is 3. The number of thiophene rings is 1. The van der Waals surface area contributed by atoms with Crippen molar-refractivity contribution in [3.63, 3.8) is 0 Å². The van der Waals surface area contributed by atoms with Gasteiger partial charge in [0.2, 0.25) is 0 Å². The Bertz CT molecular complexity index is 435. The van der Waals surface area contributed by atoms with E-state index in [0.29, 0.717) is 0 Å². The molecule has 2 aromatic rings. The first-order valence-corrected chi connectivity index (χ1v) is 5.76. The van der Waals surface area contributed by atoms with Gasteiger partial charge in [0, 0.05) is 11.4 Å². The van der Waals surface area contributed by atoms with E-state index in [1.807, 2.05) is 19.1 Å². The third kappa shape index (κ3) is 2.50. The quantitative estimate of drug-likeness (QED) is 0.776. The summed E-state index contributed by atoms with van der Waals surface area (Å²) in [6, 6.07) is 10.2. The molecular formula is C12H14N2S. The van der Waals surface area contributed by atoms with E-state index in [2.05, 4.69) is 28.9 Å². The van der Waals surface area contributed by atoms with E-state index in [9.17, 15) is 0 Å². The van der Waals surface area contributed by atoms with E-state index < -0.39 is 0 Å². The summed E-state index contributed by atoms with van der Waals surface area (Å²) in [7, 11) is 0. The predicted octanol–water partition coefficient (Wildman–Crippen LogP) is 3.25. The van der Waals surface area contributed by atoms with E-state index in [1.165, 1.54) is 10.4 Å². The summed E-state index contributed by atoms with van der Waals surface area (Å²) >= 11 is 1.75. The van der Waals surface area contributed by atoms with Crippen molar-refractivity contribution in [1.82, 2.24) is 0 Å². The average Bonchev–Trinajstić information content (AvgIpc) is 2.69. The first-order valence-electron chi connectivity index (χ1n) is 4.88. The molecule has 78 valence electrons. The molecular weight excluding hydrogens is 204 g/mol. The average molecular weight is 218 g/mol. The molecule has 0 fully saturated rings. The number of nitrogens with two attached hydrogens (primary N) is 1. The van der Waals surface area contributed by atoms with Crippen molar-refractivity contribution >= 4 is 22.7 Å². The molecule has 1 aromatic heterocycles. The van der Waals surface area contributed by atoms with Crippen LogP contribution >= 0.6 is 11.3 Å². The molecule has 0 unspecified atom stereocenters. The highest BCUT2D eigenvalue weighted by Crippen LogP contribution is 2.20. The van der Waals surface area contributed by atoms with Crippen molar-refractivity contribution in [3.8, 4) is 0 Å². The minimum absolute atomic E-state index is 0.812. The molecule has 3 heteroatoms. The Morgan fingerprint density at radius 2 is 2.20 bits per heavy atom. The summed E-state index contributed by atoms with van der Waals surface area (Å²) in [4.78, 5) is 1.31. The standard InChI is InChI=1S/C12H14N2S/c1-9-4-5-12(11(13)7-9)14-8-10-3-2-6-15-10/h2-7,14H,8,13H2,1H3. The Balaban J connectivity index is 2.05. The van der Waals surface area contributed by atoms with Crippen LogP contribution in [0.2, 0.25) is 0 Å². The molecule has 0 aliphatic rings. The molecule has 2 nitrogen and oxygen atoms in total. The second-order valence-corrected chi connectivity index (χ2v) is 4.56. The maximum absolute atomic E-state index is 5.90. The van der Waals surface area contributed by atoms with Crippen LogP contribution in [0.25, 0.3) is 0 Å². The first kappa shape index (κ1) is 10.1. The van der Waals surface area contributed by atoms with Crippen molar-refractivity contribution in [2.45, 2.75) is 13.5 Å². The minimum atomic E-state index is 0.812. The summed E-state index contributed by atoms with van der Waals surface area (Å²) < 4.78 is 0. The van der Waals surface area contributed by atoms with Crippen LogP contribution in [0.3, 0.4) is 0 Å². The molecule has 0 atom stereocenters. The third-order valence-corrected chi connectivity index (χ3v) is 3.12. The zero-order valence-electron chi connectivity index (χ0n) is 8.66. The van der Waals surface area contributed by atoms with Crippen molar-refractivity contribution in [1.29, 1.82) is 0 Å². The summed E-state index contributed by atoms with van der Waals surface area (Å²) in [5.41, 5.74) is 8.91. The summed E-state index contributed by atoms with van der Waals surface area (Å²) in [6.07, 6.45) is 0. The number of benzene rings is 1. The molecule has 0 saturated heterocycles. The Labute approximate surface area is 93.7 Å². The Kier molecular flexibility index (Phi) is 2.92. The van der Waals surface area contributed by atoms with Crippen LogP contribution in [0, 0.1) is 6.92 Å². The lowest BCUT2D eigenvalue weighted by Crippen LogP contribution is -2.01. The van der Waals surface area contributed by atoms with Crippen LogP contribution in [0.15, 0.2) is 35.7 Å². The van der Waals surface area contributed by atoms with Crippen molar-refractivity contribution in [2.75, 3.05) is 11.1 Å². The first-order chi connectivity index (χ1) is 7.25. The minimum Gasteiger partial charge on any atom is -0.397 e. The lowest BCUT2D eigenvalue weighted by molar-refractivity contribution is 1.19. The monoisotopic (exact) mass is 218 g/mol. The highest BCUT2D eigenvalue weighted by atomic mass is 32.1. The summed E-state index contributed by atoms with van der Waals surface area (Å²) in [6.45, 7) is 2.88. The Morgan fingerprint density at radius 1 is 1.33 bits per heavy atom. The number of nitrogens with one attached hydrogen (secondary N) is 1. The van der Waals surface area contributed by atoms with Crippen LogP contribution in [-0.2, 0) is 6.54 Å². The SMILES string of the molecule is Cc1ccc(NCc2cccs2)c(N)c1. The maximum atomic E-state index is 5.90. The van der Waals surface area contributed by atoms with Crippen LogP contribution in [0.4, 0.5) is 11.4 Å². The largest absolute Gasteiger partial charge is 0.397 e. The molecule has 0 aliphatic carbocycles. The van der Waals surface area contributed by atoms with Crippen molar-refractivity contribution in [3.05, 3.63) is 46.2 Å². The zero-order chi connectivity index (χ0) is 10.7. The second-order valence-electron chi connectivity index (χ2n) is 3.52. The van der Waals surface area contributed by atoms with E-state index in [1.54, 1.807) is 11.3 Å². The van der Waals surface area contributed by atoms with Gasteiger partial charge in [-0.3, -0.25) is 0 Å². The fourth-order valence-corrected chi connectivity index (χ4v) is 2.08. The molecule has 0 spiro atoms. The van der Waals surface area contributed by atoms with Crippen LogP contribution < -0.4 is 11.1 Å². The molecule has 0 aliphatic heterocycles. The van der Waals surface area contributed by atoms with Crippen molar-refractivity contribution in [2.24, 2.45) is 0 Å². The molecule has 15 heavy (non-hydrogen) atoms. The number of hydrogen-bond donors (Lipinski definition) is 2. The van der Waals surface area contributed by atoms with Gasteiger partial charge in [-0.05, 0) is 36.1 Å². The molecule has 1 heterocycles. The Morgan fingerprint density at radius 3 is 2.87 bits per heavy atom. The van der Waals surface area contributed by atoms with E-state index in [4.69, 9.17) is 5.73 Å². The molecule has 3 N–H and O–H groups in total. The molecule has 0 bridgehead atoms. The predicted molar refractivity (Wildman–Crippen MR) is 67.2 cm³/mol. The van der Waals surface area contributed by atoms with E-state index in [0.717, 1.165) is 17.9 Å². The van der Waals surface area contributed by atoms with E-state index >= 15 is 0 Å². The van der Waals surface area contributed by atoms with Crippen molar-refractivity contribution < 1.29 is 0 Å². The molecule has 2 rings (SSSR count). The van der Waals surface area contributed by atoms with Gasteiger partial charge in [0.1, 0.15) is 0 Å². The highest BCUT2D eigenvalue weighted by Gasteiger charge is 1.99. The zero-order valence-corrected chi connectivity index (χ0v) is 9.47. The second kappa shape index (κ2) is 4.36. The van der Waals surface area contributed by atoms with Gasteiger partial charge in [-0.2, -0.15) is 0 Å². The summed E-state index contributed by atoms with van der Waals surface area (Å²) in [5.74, 6) is 0. The highest BCUT2D eigenvalue weighted by molar-refractivity contribution is 7.09. The summed E-state index contributed by atoms with van der Waals surface area (Å²) in [5, 5.41) is 5.41. The van der Waals surface area contributed by atoms with Gasteiger partial charge in [0.25, 0.3) is 0 Å². The van der Waals surface area contributed by atoms with Gasteiger partial charge < -0.3 is 11.1 Å². The third-order valence-electron chi connectivity index (χ3n) is 2.24. The maximum Gasteiger partial charge on any atom is 0.0577 e. The topological polar surface area (TPSA) is 38.0 Å². The molecule has 0 saturated carbocycles. The van der Waals surface area contributed by atoms with Crippen LogP contribution in [0.1, 0.15) is 10.4 Å². The number of aryl methyl sites for hydroxylation is 1. The van der Waals surface area contributed by atoms with Gasteiger partial charge in [-0.1, -0.05) is 12.1 Å². The lowest BCUT2D eigenvalue weighted by atomic mass is 10.2. The smallest absolute Gasteiger partial charge is 0.0577 e. The van der Waals surface area contributed by atoms with Gasteiger partial charge in [0.15, 0.2) is 0 Å².